The Bertz CT molecular complexity index is 405. The molecule has 1 aromatic rings. The number of benzene rings is 1. The zero-order valence-electron chi connectivity index (χ0n) is 12.0. The monoisotopic (exact) mass is 261 g/mol. The van der Waals surface area contributed by atoms with Gasteiger partial charge in [0.1, 0.15) is 0 Å². The van der Waals surface area contributed by atoms with E-state index in [-0.39, 0.29) is 5.91 Å². The fourth-order valence-corrected chi connectivity index (χ4v) is 2.60. The van der Waals surface area contributed by atoms with Gasteiger partial charge in [-0.1, -0.05) is 26.0 Å². The highest BCUT2D eigenvalue weighted by Crippen LogP contribution is 2.10. The molecule has 3 heteroatoms. The summed E-state index contributed by atoms with van der Waals surface area (Å²) in [5.74, 6) is 0.960. The number of likely N-dealkylation sites (tertiary alicyclic amines) is 1. The Hall–Kier alpha value is -1.35. The van der Waals surface area contributed by atoms with E-state index >= 15 is 0 Å². The number of quaternary nitrogens is 1. The lowest BCUT2D eigenvalue weighted by atomic mass is 9.99. The van der Waals surface area contributed by atoms with Crippen molar-refractivity contribution >= 4 is 11.6 Å². The second kappa shape index (κ2) is 6.71. The van der Waals surface area contributed by atoms with Gasteiger partial charge in [0.25, 0.3) is 5.91 Å². The number of carbonyl (C=O) groups is 1. The number of nitrogens with one attached hydrogen (secondary N) is 2. The number of amides is 1. The molecule has 2 rings (SSSR count). The minimum Gasteiger partial charge on any atom is -0.327 e. The van der Waals surface area contributed by atoms with Crippen LogP contribution in [0.5, 0.6) is 0 Å². The predicted octanol–water partition coefficient (Wildman–Crippen LogP) is 1.50. The molecule has 0 atom stereocenters. The molecule has 0 unspecified atom stereocenters. The van der Waals surface area contributed by atoms with Gasteiger partial charge in [-0.05, 0) is 42.9 Å². The first-order chi connectivity index (χ1) is 9.17. The lowest BCUT2D eigenvalue weighted by molar-refractivity contribution is -0.897. The lowest BCUT2D eigenvalue weighted by Gasteiger charge is -2.26. The molecule has 104 valence electrons. The maximum atomic E-state index is 12.0. The maximum absolute atomic E-state index is 12.0. The molecule has 2 N–H and O–H groups in total. The molecular weight excluding hydrogens is 236 g/mol. The minimum atomic E-state index is 0.133. The van der Waals surface area contributed by atoms with Gasteiger partial charge >= 0.3 is 0 Å². The normalized spacial score (nSPS) is 23.1. The highest BCUT2D eigenvalue weighted by Gasteiger charge is 2.21. The molecule has 1 saturated heterocycles. The second-order valence-electron chi connectivity index (χ2n) is 5.71. The van der Waals surface area contributed by atoms with Crippen LogP contribution >= 0.6 is 0 Å². The fraction of sp³-hybridized carbons (Fsp3) is 0.562. The number of carbonyl (C=O) groups excluding carboxylic acids is 1. The summed E-state index contributed by atoms with van der Waals surface area (Å²) in [6.07, 6.45) is 3.52. The van der Waals surface area contributed by atoms with Gasteiger partial charge in [0, 0.05) is 5.69 Å². The Morgan fingerprint density at radius 3 is 2.47 bits per heavy atom. The van der Waals surface area contributed by atoms with E-state index in [1.165, 1.54) is 23.3 Å². The molecule has 0 spiro atoms. The van der Waals surface area contributed by atoms with E-state index in [9.17, 15) is 4.79 Å². The number of hydrogen-bond acceptors (Lipinski definition) is 1. The van der Waals surface area contributed by atoms with Crippen molar-refractivity contribution in [1.82, 2.24) is 0 Å². The maximum Gasteiger partial charge on any atom is 0.279 e. The van der Waals surface area contributed by atoms with E-state index in [0.717, 1.165) is 31.1 Å². The number of rotatable bonds is 4. The van der Waals surface area contributed by atoms with Crippen molar-refractivity contribution in [2.24, 2.45) is 5.92 Å². The molecule has 1 aromatic carbocycles. The smallest absolute Gasteiger partial charge is 0.279 e. The first-order valence-electron chi connectivity index (χ1n) is 7.39. The standard InChI is InChI=1S/C16H24N2O/c1-3-14-4-6-15(7-5-14)17-16(19)12-18-10-8-13(2)9-11-18/h4-7,13H,3,8-12H2,1-2H3,(H,17,19)/p+1. The van der Waals surface area contributed by atoms with Crippen LogP contribution in [0, 0.1) is 5.92 Å². The molecule has 0 aliphatic carbocycles. The van der Waals surface area contributed by atoms with E-state index < -0.39 is 0 Å². The summed E-state index contributed by atoms with van der Waals surface area (Å²) in [5, 5.41) is 2.99. The van der Waals surface area contributed by atoms with Gasteiger partial charge in [-0.25, -0.2) is 0 Å². The lowest BCUT2D eigenvalue weighted by Crippen LogP contribution is -3.14. The second-order valence-corrected chi connectivity index (χ2v) is 5.71. The summed E-state index contributed by atoms with van der Waals surface area (Å²) < 4.78 is 0. The van der Waals surface area contributed by atoms with Gasteiger partial charge in [-0.15, -0.1) is 0 Å². The van der Waals surface area contributed by atoms with Crippen molar-refractivity contribution in [2.75, 3.05) is 25.0 Å². The number of aryl methyl sites for hydroxylation is 1. The summed E-state index contributed by atoms with van der Waals surface area (Å²) in [4.78, 5) is 13.4. The molecule has 0 radical (unpaired) electrons. The van der Waals surface area contributed by atoms with E-state index in [1.54, 1.807) is 0 Å². The molecular formula is C16H25N2O+. The molecule has 0 aromatic heterocycles. The van der Waals surface area contributed by atoms with E-state index in [4.69, 9.17) is 0 Å². The van der Waals surface area contributed by atoms with Crippen molar-refractivity contribution in [3.8, 4) is 0 Å². The van der Waals surface area contributed by atoms with Gasteiger partial charge in [0.2, 0.25) is 0 Å². The number of anilines is 1. The van der Waals surface area contributed by atoms with Crippen LogP contribution in [0.3, 0.4) is 0 Å². The highest BCUT2D eigenvalue weighted by atomic mass is 16.2. The Morgan fingerprint density at radius 1 is 1.26 bits per heavy atom. The molecule has 3 nitrogen and oxygen atoms in total. The summed E-state index contributed by atoms with van der Waals surface area (Å²) in [6.45, 7) is 7.29. The van der Waals surface area contributed by atoms with Gasteiger partial charge < -0.3 is 10.2 Å². The van der Waals surface area contributed by atoms with Crippen LogP contribution in [0.1, 0.15) is 32.3 Å². The molecule has 0 saturated carbocycles. The molecule has 1 aliphatic rings. The van der Waals surface area contributed by atoms with E-state index in [2.05, 4.69) is 31.3 Å². The molecule has 1 fully saturated rings. The van der Waals surface area contributed by atoms with Crippen LogP contribution in [0.15, 0.2) is 24.3 Å². The van der Waals surface area contributed by atoms with Crippen LogP contribution in [0.2, 0.25) is 0 Å². The molecule has 1 heterocycles. The van der Waals surface area contributed by atoms with Crippen molar-refractivity contribution in [2.45, 2.75) is 33.1 Å². The molecule has 19 heavy (non-hydrogen) atoms. The Kier molecular flexibility index (Phi) is 4.97. The zero-order chi connectivity index (χ0) is 13.7. The SMILES string of the molecule is CCc1ccc(NC(=O)C[NH+]2CCC(C)CC2)cc1. The first-order valence-corrected chi connectivity index (χ1v) is 7.39. The number of hydrogen-bond donors (Lipinski definition) is 2. The van der Waals surface area contributed by atoms with E-state index in [0.29, 0.717) is 6.54 Å². The van der Waals surface area contributed by atoms with Crippen molar-refractivity contribution in [3.63, 3.8) is 0 Å². The van der Waals surface area contributed by atoms with Crippen molar-refractivity contribution < 1.29 is 9.69 Å². The number of piperidine rings is 1. The van der Waals surface area contributed by atoms with Gasteiger partial charge in [-0.3, -0.25) is 4.79 Å². The van der Waals surface area contributed by atoms with Gasteiger partial charge in [0.05, 0.1) is 13.1 Å². The van der Waals surface area contributed by atoms with Crippen LogP contribution in [-0.2, 0) is 11.2 Å². The summed E-state index contributed by atoms with van der Waals surface area (Å²) in [7, 11) is 0. The van der Waals surface area contributed by atoms with Crippen molar-refractivity contribution in [1.29, 1.82) is 0 Å². The van der Waals surface area contributed by atoms with E-state index in [1.807, 2.05) is 12.1 Å². The third-order valence-corrected chi connectivity index (χ3v) is 4.04. The third kappa shape index (κ3) is 4.35. The van der Waals surface area contributed by atoms with Crippen LogP contribution in [-0.4, -0.2) is 25.5 Å². The molecule has 1 aliphatic heterocycles. The molecule has 0 bridgehead atoms. The fourth-order valence-electron chi connectivity index (χ4n) is 2.60. The van der Waals surface area contributed by atoms with Crippen LogP contribution < -0.4 is 10.2 Å². The highest BCUT2D eigenvalue weighted by molar-refractivity contribution is 5.91. The van der Waals surface area contributed by atoms with Gasteiger partial charge in [-0.2, -0.15) is 0 Å². The average molecular weight is 261 g/mol. The first kappa shape index (κ1) is 14.1. The topological polar surface area (TPSA) is 33.5 Å². The largest absolute Gasteiger partial charge is 0.327 e. The molecule has 1 amide bonds. The summed E-state index contributed by atoms with van der Waals surface area (Å²) >= 11 is 0. The van der Waals surface area contributed by atoms with Gasteiger partial charge in [0.15, 0.2) is 6.54 Å². The summed E-state index contributed by atoms with van der Waals surface area (Å²) in [6, 6.07) is 8.13. The van der Waals surface area contributed by atoms with Crippen LogP contribution in [0.4, 0.5) is 5.69 Å². The summed E-state index contributed by atoms with van der Waals surface area (Å²) in [5.41, 5.74) is 2.21. The Labute approximate surface area is 116 Å². The minimum absolute atomic E-state index is 0.133. The quantitative estimate of drug-likeness (QED) is 0.846. The van der Waals surface area contributed by atoms with Crippen molar-refractivity contribution in [3.05, 3.63) is 29.8 Å². The Balaban J connectivity index is 1.80. The third-order valence-electron chi connectivity index (χ3n) is 4.04. The Morgan fingerprint density at radius 2 is 1.89 bits per heavy atom. The average Bonchev–Trinajstić information content (AvgIpc) is 2.42. The predicted molar refractivity (Wildman–Crippen MR) is 78.4 cm³/mol. The van der Waals surface area contributed by atoms with Crippen LogP contribution in [0.25, 0.3) is 0 Å². The zero-order valence-corrected chi connectivity index (χ0v) is 12.0.